The summed E-state index contributed by atoms with van der Waals surface area (Å²) in [5, 5.41) is 0. The van der Waals surface area contributed by atoms with Crippen LogP contribution in [-0.2, 0) is 10.0 Å². The molecule has 0 bridgehead atoms. The van der Waals surface area contributed by atoms with Crippen LogP contribution in [0.1, 0.15) is 18.5 Å². The van der Waals surface area contributed by atoms with Crippen LogP contribution >= 0.6 is 0 Å². The van der Waals surface area contributed by atoms with Crippen LogP contribution in [0.25, 0.3) is 0 Å². The summed E-state index contributed by atoms with van der Waals surface area (Å²) in [7, 11) is -2.15. The molecule has 134 valence electrons. The molecule has 3 aromatic carbocycles. The highest BCUT2D eigenvalue weighted by atomic mass is 32.2. The molecule has 3 aromatic rings. The number of ether oxygens (including phenoxy) is 1. The quantitative estimate of drug-likeness (QED) is 0.637. The average Bonchev–Trinajstić information content (AvgIpc) is 2.70. The van der Waals surface area contributed by atoms with Crippen molar-refractivity contribution in [2.75, 3.05) is 11.4 Å². The van der Waals surface area contributed by atoms with Gasteiger partial charge in [0, 0.05) is 0 Å². The van der Waals surface area contributed by atoms with Crippen molar-refractivity contribution in [3.05, 3.63) is 90.5 Å². The van der Waals surface area contributed by atoms with Gasteiger partial charge in [-0.05, 0) is 48.9 Å². The third kappa shape index (κ3) is 3.58. The van der Waals surface area contributed by atoms with Crippen molar-refractivity contribution in [3.63, 3.8) is 0 Å². The average molecular weight is 367 g/mol. The molecule has 0 fully saturated rings. The molecule has 0 aliphatic heterocycles. The van der Waals surface area contributed by atoms with Gasteiger partial charge in [-0.3, -0.25) is 4.31 Å². The minimum atomic E-state index is -3.73. The van der Waals surface area contributed by atoms with E-state index in [2.05, 4.69) is 0 Å². The van der Waals surface area contributed by atoms with E-state index in [1.165, 1.54) is 4.31 Å². The van der Waals surface area contributed by atoms with E-state index in [4.69, 9.17) is 4.74 Å². The van der Waals surface area contributed by atoms with Gasteiger partial charge in [0.2, 0.25) is 0 Å². The maximum absolute atomic E-state index is 13.4. The molecule has 0 N–H and O–H groups in total. The summed E-state index contributed by atoms with van der Waals surface area (Å²) < 4.78 is 33.4. The first kappa shape index (κ1) is 18.0. The minimum Gasteiger partial charge on any atom is -0.497 e. The zero-order chi connectivity index (χ0) is 18.6. The van der Waals surface area contributed by atoms with Gasteiger partial charge < -0.3 is 4.74 Å². The maximum Gasteiger partial charge on any atom is 0.264 e. The third-order valence-corrected chi connectivity index (χ3v) is 6.17. The molecule has 1 atom stereocenters. The molecule has 0 saturated carbocycles. The van der Waals surface area contributed by atoms with Crippen LogP contribution in [-0.4, -0.2) is 15.5 Å². The number of methoxy groups -OCH3 is 1. The Hall–Kier alpha value is -2.79. The van der Waals surface area contributed by atoms with Gasteiger partial charge in [0.1, 0.15) is 5.75 Å². The molecule has 0 aliphatic rings. The summed E-state index contributed by atoms with van der Waals surface area (Å²) in [5.74, 6) is 0.679. The van der Waals surface area contributed by atoms with Gasteiger partial charge in [-0.2, -0.15) is 0 Å². The Bertz CT molecular complexity index is 940. The van der Waals surface area contributed by atoms with Gasteiger partial charge in [0.25, 0.3) is 10.0 Å². The molecule has 0 heterocycles. The van der Waals surface area contributed by atoms with Crippen LogP contribution in [0.15, 0.2) is 89.8 Å². The summed E-state index contributed by atoms with van der Waals surface area (Å²) >= 11 is 0. The van der Waals surface area contributed by atoms with Gasteiger partial charge in [-0.25, -0.2) is 8.42 Å². The van der Waals surface area contributed by atoms with Gasteiger partial charge in [0.15, 0.2) is 0 Å². The molecule has 0 aromatic heterocycles. The normalized spacial score (nSPS) is 12.4. The van der Waals surface area contributed by atoms with Crippen molar-refractivity contribution in [2.45, 2.75) is 17.9 Å². The molecular weight excluding hydrogens is 346 g/mol. The lowest BCUT2D eigenvalue weighted by Crippen LogP contribution is -2.33. The lowest BCUT2D eigenvalue weighted by molar-refractivity contribution is 0.415. The summed E-state index contributed by atoms with van der Waals surface area (Å²) in [6.07, 6.45) is 0. The molecule has 5 heteroatoms. The van der Waals surface area contributed by atoms with Crippen LogP contribution in [0.3, 0.4) is 0 Å². The Morgan fingerprint density at radius 3 is 1.88 bits per heavy atom. The number of sulfonamides is 1. The fourth-order valence-electron chi connectivity index (χ4n) is 2.87. The topological polar surface area (TPSA) is 46.6 Å². The predicted octanol–water partition coefficient (Wildman–Crippen LogP) is 4.65. The van der Waals surface area contributed by atoms with E-state index in [1.807, 2.05) is 37.3 Å². The van der Waals surface area contributed by atoms with Crippen LogP contribution in [0.2, 0.25) is 0 Å². The highest BCUT2D eigenvalue weighted by Gasteiger charge is 2.30. The van der Waals surface area contributed by atoms with Gasteiger partial charge >= 0.3 is 0 Å². The van der Waals surface area contributed by atoms with Crippen molar-refractivity contribution in [3.8, 4) is 5.75 Å². The molecule has 0 saturated heterocycles. The zero-order valence-electron chi connectivity index (χ0n) is 14.7. The molecule has 0 radical (unpaired) electrons. The second-order valence-corrected chi connectivity index (χ2v) is 7.71. The largest absolute Gasteiger partial charge is 0.497 e. The second kappa shape index (κ2) is 7.62. The van der Waals surface area contributed by atoms with Gasteiger partial charge in [-0.15, -0.1) is 0 Å². The standard InChI is InChI=1S/C21H21NO3S/c1-17(18-9-5-3-6-10-18)22(19-13-15-20(25-2)16-14-19)26(23,24)21-11-7-4-8-12-21/h3-17H,1-2H3. The monoisotopic (exact) mass is 367 g/mol. The molecule has 4 nitrogen and oxygen atoms in total. The Labute approximate surface area is 154 Å². The minimum absolute atomic E-state index is 0.263. The van der Waals surface area contributed by atoms with Crippen molar-refractivity contribution in [1.82, 2.24) is 0 Å². The fraction of sp³-hybridized carbons (Fsp3) is 0.143. The number of rotatable bonds is 6. The van der Waals surface area contributed by atoms with E-state index < -0.39 is 10.0 Å². The highest BCUT2D eigenvalue weighted by molar-refractivity contribution is 7.92. The Balaban J connectivity index is 2.12. The van der Waals surface area contributed by atoms with Crippen LogP contribution in [0.5, 0.6) is 5.75 Å². The van der Waals surface area contributed by atoms with E-state index >= 15 is 0 Å². The molecule has 3 rings (SSSR count). The van der Waals surface area contributed by atoms with Crippen molar-refractivity contribution in [1.29, 1.82) is 0 Å². The fourth-order valence-corrected chi connectivity index (χ4v) is 4.54. The first-order chi connectivity index (χ1) is 12.5. The predicted molar refractivity (Wildman–Crippen MR) is 104 cm³/mol. The van der Waals surface area contributed by atoms with E-state index in [0.717, 1.165) is 5.56 Å². The Morgan fingerprint density at radius 2 is 1.35 bits per heavy atom. The SMILES string of the molecule is COc1ccc(N(C(C)c2ccccc2)S(=O)(=O)c2ccccc2)cc1. The van der Waals surface area contributed by atoms with Gasteiger partial charge in [0.05, 0.1) is 23.7 Å². The maximum atomic E-state index is 13.4. The molecular formula is C21H21NO3S. The van der Waals surface area contributed by atoms with E-state index in [9.17, 15) is 8.42 Å². The number of benzene rings is 3. The first-order valence-electron chi connectivity index (χ1n) is 8.32. The summed E-state index contributed by atoms with van der Waals surface area (Å²) in [6, 6.07) is 24.8. The molecule has 1 unspecified atom stereocenters. The van der Waals surface area contributed by atoms with E-state index in [-0.39, 0.29) is 10.9 Å². The summed E-state index contributed by atoms with van der Waals surface area (Å²) in [5.41, 5.74) is 1.51. The van der Waals surface area contributed by atoms with Crippen LogP contribution in [0, 0.1) is 0 Å². The molecule has 0 amide bonds. The van der Waals surface area contributed by atoms with E-state index in [1.54, 1.807) is 61.7 Å². The summed E-state index contributed by atoms with van der Waals surface area (Å²) in [4.78, 5) is 0.263. The lowest BCUT2D eigenvalue weighted by Gasteiger charge is -2.31. The zero-order valence-corrected chi connectivity index (χ0v) is 15.6. The third-order valence-electron chi connectivity index (χ3n) is 4.26. The molecule has 26 heavy (non-hydrogen) atoms. The smallest absolute Gasteiger partial charge is 0.264 e. The van der Waals surface area contributed by atoms with Crippen molar-refractivity contribution < 1.29 is 13.2 Å². The Morgan fingerprint density at radius 1 is 0.808 bits per heavy atom. The van der Waals surface area contributed by atoms with Crippen LogP contribution in [0.4, 0.5) is 5.69 Å². The second-order valence-electron chi connectivity index (χ2n) is 5.90. The Kier molecular flexibility index (Phi) is 5.28. The first-order valence-corrected chi connectivity index (χ1v) is 9.76. The molecule has 0 aliphatic carbocycles. The van der Waals surface area contributed by atoms with Crippen molar-refractivity contribution >= 4 is 15.7 Å². The number of hydrogen-bond acceptors (Lipinski definition) is 3. The molecule has 0 spiro atoms. The van der Waals surface area contributed by atoms with Gasteiger partial charge in [-0.1, -0.05) is 48.5 Å². The number of anilines is 1. The lowest BCUT2D eigenvalue weighted by atomic mass is 10.1. The van der Waals surface area contributed by atoms with Crippen LogP contribution < -0.4 is 9.04 Å². The summed E-state index contributed by atoms with van der Waals surface area (Å²) in [6.45, 7) is 1.89. The van der Waals surface area contributed by atoms with E-state index in [0.29, 0.717) is 11.4 Å². The number of hydrogen-bond donors (Lipinski definition) is 0. The number of nitrogens with zero attached hydrogens (tertiary/aromatic N) is 1. The highest BCUT2D eigenvalue weighted by Crippen LogP contribution is 2.34. The van der Waals surface area contributed by atoms with Crippen molar-refractivity contribution in [2.24, 2.45) is 0 Å².